The van der Waals surface area contributed by atoms with Crippen LogP contribution in [0.3, 0.4) is 0 Å². The molecule has 0 fully saturated rings. The SMILES string of the molecule is O=C([O-])COc1cccc2c(CCOCC(=O)c3ccccc3)coc12. The van der Waals surface area contributed by atoms with Gasteiger partial charge in [-0.25, -0.2) is 0 Å². The van der Waals surface area contributed by atoms with E-state index in [-0.39, 0.29) is 12.4 Å². The van der Waals surface area contributed by atoms with Crippen LogP contribution >= 0.6 is 0 Å². The molecule has 0 amide bonds. The van der Waals surface area contributed by atoms with E-state index in [1.807, 2.05) is 24.3 Å². The number of benzene rings is 2. The van der Waals surface area contributed by atoms with E-state index in [4.69, 9.17) is 13.9 Å². The van der Waals surface area contributed by atoms with Crippen LogP contribution in [-0.2, 0) is 16.0 Å². The Morgan fingerprint density at radius 3 is 2.58 bits per heavy atom. The first-order valence-electron chi connectivity index (χ1n) is 8.13. The number of rotatable bonds is 9. The van der Waals surface area contributed by atoms with Crippen molar-refractivity contribution in [1.82, 2.24) is 0 Å². The number of carbonyl (C=O) groups is 2. The van der Waals surface area contributed by atoms with E-state index in [2.05, 4.69) is 0 Å². The number of carboxylic acids is 1. The number of ether oxygens (including phenoxy) is 2. The smallest absolute Gasteiger partial charge is 0.188 e. The fraction of sp³-hybridized carbons (Fsp3) is 0.200. The molecular formula is C20H17O6-. The Morgan fingerprint density at radius 1 is 1.00 bits per heavy atom. The highest BCUT2D eigenvalue weighted by molar-refractivity contribution is 5.97. The van der Waals surface area contributed by atoms with E-state index >= 15 is 0 Å². The molecule has 0 aliphatic carbocycles. The van der Waals surface area contributed by atoms with Gasteiger partial charge in [-0.3, -0.25) is 4.79 Å². The number of hydrogen-bond acceptors (Lipinski definition) is 6. The largest absolute Gasteiger partial charge is 0.546 e. The van der Waals surface area contributed by atoms with Crippen molar-refractivity contribution in [1.29, 1.82) is 0 Å². The molecule has 134 valence electrons. The molecule has 0 saturated carbocycles. The number of carboxylic acid groups (broad SMARTS) is 1. The minimum atomic E-state index is -1.30. The molecule has 3 rings (SSSR count). The van der Waals surface area contributed by atoms with Crippen molar-refractivity contribution >= 4 is 22.7 Å². The lowest BCUT2D eigenvalue weighted by Gasteiger charge is -2.07. The highest BCUT2D eigenvalue weighted by atomic mass is 16.5. The zero-order valence-corrected chi connectivity index (χ0v) is 14.0. The fourth-order valence-corrected chi connectivity index (χ4v) is 2.58. The molecule has 0 aliphatic heterocycles. The maximum absolute atomic E-state index is 12.0. The van der Waals surface area contributed by atoms with Gasteiger partial charge < -0.3 is 23.8 Å². The Kier molecular flexibility index (Phi) is 5.66. The zero-order valence-electron chi connectivity index (χ0n) is 14.0. The number of furan rings is 1. The van der Waals surface area contributed by atoms with Gasteiger partial charge in [-0.2, -0.15) is 0 Å². The first-order valence-corrected chi connectivity index (χ1v) is 8.13. The van der Waals surface area contributed by atoms with E-state index in [1.165, 1.54) is 0 Å². The molecule has 0 spiro atoms. The number of ketones is 1. The molecule has 1 aromatic heterocycles. The molecule has 0 radical (unpaired) electrons. The van der Waals surface area contributed by atoms with E-state index in [1.54, 1.807) is 30.5 Å². The monoisotopic (exact) mass is 353 g/mol. The van der Waals surface area contributed by atoms with Gasteiger partial charge in [-0.15, -0.1) is 0 Å². The van der Waals surface area contributed by atoms with Crippen molar-refractivity contribution in [2.24, 2.45) is 0 Å². The summed E-state index contributed by atoms with van der Waals surface area (Å²) in [5.41, 5.74) is 1.99. The van der Waals surface area contributed by atoms with E-state index in [0.29, 0.717) is 29.9 Å². The van der Waals surface area contributed by atoms with Gasteiger partial charge in [0.2, 0.25) is 0 Å². The molecule has 0 aliphatic rings. The molecule has 0 bridgehead atoms. The lowest BCUT2D eigenvalue weighted by atomic mass is 10.1. The molecule has 0 N–H and O–H groups in total. The van der Waals surface area contributed by atoms with Gasteiger partial charge in [0.25, 0.3) is 0 Å². The highest BCUT2D eigenvalue weighted by Crippen LogP contribution is 2.30. The minimum Gasteiger partial charge on any atom is -0.546 e. The Balaban J connectivity index is 1.57. The number of aliphatic carboxylic acids is 1. The second-order valence-corrected chi connectivity index (χ2v) is 5.65. The van der Waals surface area contributed by atoms with Gasteiger partial charge in [-0.05, 0) is 12.5 Å². The second kappa shape index (κ2) is 8.31. The third-order valence-electron chi connectivity index (χ3n) is 3.83. The van der Waals surface area contributed by atoms with Crippen molar-refractivity contribution in [3.05, 3.63) is 65.9 Å². The lowest BCUT2D eigenvalue weighted by Crippen LogP contribution is -2.28. The molecule has 0 atom stereocenters. The van der Waals surface area contributed by atoms with Gasteiger partial charge in [0.05, 0.1) is 18.8 Å². The summed E-state index contributed by atoms with van der Waals surface area (Å²) in [6, 6.07) is 14.2. The second-order valence-electron chi connectivity index (χ2n) is 5.65. The predicted molar refractivity (Wildman–Crippen MR) is 92.0 cm³/mol. The predicted octanol–water partition coefficient (Wildman–Crippen LogP) is 2.00. The normalized spacial score (nSPS) is 10.8. The molecule has 2 aromatic carbocycles. The van der Waals surface area contributed by atoms with Crippen molar-refractivity contribution in [3.8, 4) is 5.75 Å². The first kappa shape index (κ1) is 17.7. The van der Waals surface area contributed by atoms with Gasteiger partial charge in [-0.1, -0.05) is 42.5 Å². The van der Waals surface area contributed by atoms with Gasteiger partial charge in [0, 0.05) is 16.5 Å². The molecule has 6 heteroatoms. The Hall–Kier alpha value is -3.12. The van der Waals surface area contributed by atoms with Crippen LogP contribution in [0.2, 0.25) is 0 Å². The van der Waals surface area contributed by atoms with Crippen LogP contribution in [-0.4, -0.2) is 31.6 Å². The van der Waals surface area contributed by atoms with Crippen molar-refractivity contribution in [2.75, 3.05) is 19.8 Å². The highest BCUT2D eigenvalue weighted by Gasteiger charge is 2.11. The summed E-state index contributed by atoms with van der Waals surface area (Å²) in [4.78, 5) is 22.5. The van der Waals surface area contributed by atoms with Crippen molar-refractivity contribution in [3.63, 3.8) is 0 Å². The minimum absolute atomic E-state index is 0.0137. The average Bonchev–Trinajstić information content (AvgIpc) is 3.07. The van der Waals surface area contributed by atoms with Crippen LogP contribution in [0.1, 0.15) is 15.9 Å². The van der Waals surface area contributed by atoms with Crippen LogP contribution in [0, 0.1) is 0 Å². The van der Waals surface area contributed by atoms with Gasteiger partial charge >= 0.3 is 0 Å². The van der Waals surface area contributed by atoms with Crippen molar-refractivity contribution < 1.29 is 28.6 Å². The summed E-state index contributed by atoms with van der Waals surface area (Å²) in [5.74, 6) is -1.02. The average molecular weight is 353 g/mol. The number of Topliss-reactive ketones (excluding diaryl/α,β-unsaturated/α-hetero) is 1. The standard InChI is InChI=1S/C20H18O6/c21-17(14-5-2-1-3-6-14)12-24-10-9-15-11-26-20-16(15)7-4-8-18(20)25-13-19(22)23/h1-8,11H,9-10,12-13H2,(H,22,23)/p-1. The summed E-state index contributed by atoms with van der Waals surface area (Å²) < 4.78 is 16.1. The van der Waals surface area contributed by atoms with Gasteiger partial charge in [0.1, 0.15) is 13.2 Å². The Bertz CT molecular complexity index is 897. The Morgan fingerprint density at radius 2 is 1.81 bits per heavy atom. The first-order chi connectivity index (χ1) is 12.6. The summed E-state index contributed by atoms with van der Waals surface area (Å²) in [5, 5.41) is 11.4. The van der Waals surface area contributed by atoms with Crippen LogP contribution in [0.4, 0.5) is 0 Å². The Labute approximate surface area is 149 Å². The molecule has 26 heavy (non-hydrogen) atoms. The maximum Gasteiger partial charge on any atom is 0.188 e. The summed E-state index contributed by atoms with van der Waals surface area (Å²) in [6.07, 6.45) is 2.14. The summed E-state index contributed by atoms with van der Waals surface area (Å²) in [7, 11) is 0. The number of fused-ring (bicyclic) bond motifs is 1. The van der Waals surface area contributed by atoms with Crippen LogP contribution < -0.4 is 9.84 Å². The van der Waals surface area contributed by atoms with Gasteiger partial charge in [0.15, 0.2) is 17.1 Å². The lowest BCUT2D eigenvalue weighted by molar-refractivity contribution is -0.307. The number of para-hydroxylation sites is 1. The molecule has 3 aromatic rings. The maximum atomic E-state index is 12.0. The van der Waals surface area contributed by atoms with Crippen LogP contribution in [0.25, 0.3) is 11.0 Å². The third-order valence-corrected chi connectivity index (χ3v) is 3.83. The fourth-order valence-electron chi connectivity index (χ4n) is 2.58. The summed E-state index contributed by atoms with van der Waals surface area (Å²) in [6.45, 7) is -0.170. The molecule has 0 saturated heterocycles. The van der Waals surface area contributed by atoms with E-state index in [9.17, 15) is 14.7 Å². The van der Waals surface area contributed by atoms with Crippen LogP contribution in [0.5, 0.6) is 5.75 Å². The summed E-state index contributed by atoms with van der Waals surface area (Å²) >= 11 is 0. The molecule has 0 unspecified atom stereocenters. The number of hydrogen-bond donors (Lipinski definition) is 0. The molecule has 1 heterocycles. The quantitative estimate of drug-likeness (QED) is 0.432. The van der Waals surface area contributed by atoms with E-state index in [0.717, 1.165) is 10.9 Å². The van der Waals surface area contributed by atoms with E-state index < -0.39 is 12.6 Å². The third kappa shape index (κ3) is 4.29. The number of carbonyl (C=O) groups excluding carboxylic acids is 2. The zero-order chi connectivity index (χ0) is 18.4. The topological polar surface area (TPSA) is 88.8 Å². The molecular weight excluding hydrogens is 336 g/mol. The van der Waals surface area contributed by atoms with Crippen molar-refractivity contribution in [2.45, 2.75) is 6.42 Å². The molecule has 6 nitrogen and oxygen atoms in total. The van der Waals surface area contributed by atoms with Crippen LogP contribution in [0.15, 0.2) is 59.2 Å².